The Hall–Kier alpha value is -2.13. The third kappa shape index (κ3) is 2.89. The average molecular weight is 275 g/mol. The molecule has 106 valence electrons. The lowest BCUT2D eigenvalue weighted by atomic mass is 10.1. The zero-order chi connectivity index (χ0) is 14.5. The van der Waals surface area contributed by atoms with Crippen molar-refractivity contribution in [3.05, 3.63) is 33.9 Å². The highest BCUT2D eigenvalue weighted by molar-refractivity contribution is 5.63. The normalized spacial score (nSPS) is 18.0. The minimum Gasteiger partial charge on any atom is -0.396 e. The van der Waals surface area contributed by atoms with Crippen LogP contribution in [0.2, 0.25) is 0 Å². The predicted molar refractivity (Wildman–Crippen MR) is 74.5 cm³/mol. The van der Waals surface area contributed by atoms with Crippen molar-refractivity contribution in [1.82, 2.24) is 0 Å². The molecule has 20 heavy (non-hydrogen) atoms. The van der Waals surface area contributed by atoms with Crippen LogP contribution in [0.25, 0.3) is 0 Å². The van der Waals surface area contributed by atoms with Gasteiger partial charge < -0.3 is 10.0 Å². The number of anilines is 1. The second kappa shape index (κ2) is 6.35. The lowest BCUT2D eigenvalue weighted by Gasteiger charge is -2.27. The van der Waals surface area contributed by atoms with Crippen molar-refractivity contribution < 1.29 is 10.0 Å². The standard InChI is InChI=1S/C14H17N3O3/c15-10-11-9-13(17(19)20)5-6-14(11)16-7-1-3-12(16)4-2-8-18/h5-6,9,12,18H,1-4,7-8H2. The molecule has 1 aromatic rings. The van der Waals surface area contributed by atoms with Crippen LogP contribution in [0.3, 0.4) is 0 Å². The number of nitro benzene ring substituents is 1. The zero-order valence-electron chi connectivity index (χ0n) is 11.2. The van der Waals surface area contributed by atoms with Gasteiger partial charge >= 0.3 is 0 Å². The van der Waals surface area contributed by atoms with E-state index >= 15 is 0 Å². The Morgan fingerprint density at radius 1 is 1.55 bits per heavy atom. The molecule has 0 aliphatic carbocycles. The molecule has 2 rings (SSSR count). The third-order valence-corrected chi connectivity index (χ3v) is 3.69. The van der Waals surface area contributed by atoms with Gasteiger partial charge in [0.25, 0.3) is 5.69 Å². The van der Waals surface area contributed by atoms with Crippen LogP contribution in [0, 0.1) is 21.4 Å². The molecule has 0 amide bonds. The summed E-state index contributed by atoms with van der Waals surface area (Å²) in [5.41, 5.74) is 1.05. The Balaban J connectivity index is 2.27. The van der Waals surface area contributed by atoms with Gasteiger partial charge in [0.2, 0.25) is 0 Å². The Morgan fingerprint density at radius 3 is 3.00 bits per heavy atom. The smallest absolute Gasteiger partial charge is 0.270 e. The summed E-state index contributed by atoms with van der Waals surface area (Å²) in [4.78, 5) is 12.4. The summed E-state index contributed by atoms with van der Waals surface area (Å²) in [6.45, 7) is 1.01. The Kier molecular flexibility index (Phi) is 4.53. The van der Waals surface area contributed by atoms with Gasteiger partial charge in [-0.1, -0.05) is 0 Å². The van der Waals surface area contributed by atoms with Gasteiger partial charge in [-0.2, -0.15) is 5.26 Å². The van der Waals surface area contributed by atoms with Gasteiger partial charge in [-0.15, -0.1) is 0 Å². The first-order valence-electron chi connectivity index (χ1n) is 6.73. The van der Waals surface area contributed by atoms with Crippen molar-refractivity contribution in [1.29, 1.82) is 5.26 Å². The van der Waals surface area contributed by atoms with Crippen LogP contribution in [0.4, 0.5) is 11.4 Å². The van der Waals surface area contributed by atoms with Crippen LogP contribution in [0.15, 0.2) is 18.2 Å². The van der Waals surface area contributed by atoms with E-state index in [0.29, 0.717) is 11.6 Å². The van der Waals surface area contributed by atoms with Crippen LogP contribution in [-0.4, -0.2) is 29.2 Å². The van der Waals surface area contributed by atoms with Gasteiger partial charge in [0, 0.05) is 31.3 Å². The molecule has 1 aliphatic heterocycles. The number of hydrogen-bond acceptors (Lipinski definition) is 5. The molecule has 1 aromatic carbocycles. The highest BCUT2D eigenvalue weighted by Gasteiger charge is 2.26. The van der Waals surface area contributed by atoms with E-state index in [-0.39, 0.29) is 12.3 Å². The van der Waals surface area contributed by atoms with Crippen LogP contribution < -0.4 is 4.90 Å². The van der Waals surface area contributed by atoms with Crippen molar-refractivity contribution in [3.8, 4) is 6.07 Å². The quantitative estimate of drug-likeness (QED) is 0.657. The average Bonchev–Trinajstić information content (AvgIpc) is 2.92. The van der Waals surface area contributed by atoms with Gasteiger partial charge in [-0.3, -0.25) is 10.1 Å². The fourth-order valence-electron chi connectivity index (χ4n) is 2.76. The maximum atomic E-state index is 10.8. The molecule has 6 nitrogen and oxygen atoms in total. The van der Waals surface area contributed by atoms with Crippen LogP contribution >= 0.6 is 0 Å². The Labute approximate surface area is 117 Å². The second-order valence-corrected chi connectivity index (χ2v) is 4.93. The van der Waals surface area contributed by atoms with Gasteiger partial charge in [0.05, 0.1) is 16.2 Å². The molecule has 1 atom stereocenters. The van der Waals surface area contributed by atoms with Gasteiger partial charge in [0.1, 0.15) is 6.07 Å². The number of benzene rings is 1. The first-order chi connectivity index (χ1) is 9.67. The SMILES string of the molecule is N#Cc1cc([N+](=O)[O-])ccc1N1CCCC1CCCO. The van der Waals surface area contributed by atoms with Crippen molar-refractivity contribution in [2.45, 2.75) is 31.7 Å². The number of non-ortho nitro benzene ring substituents is 1. The highest BCUT2D eigenvalue weighted by atomic mass is 16.6. The van der Waals surface area contributed by atoms with E-state index in [0.717, 1.165) is 37.9 Å². The second-order valence-electron chi connectivity index (χ2n) is 4.93. The number of nitro groups is 1. The number of nitriles is 1. The van der Waals surface area contributed by atoms with Crippen LogP contribution in [0.5, 0.6) is 0 Å². The maximum absolute atomic E-state index is 10.8. The molecule has 1 fully saturated rings. The summed E-state index contributed by atoms with van der Waals surface area (Å²) in [5.74, 6) is 0. The third-order valence-electron chi connectivity index (χ3n) is 3.69. The molecular weight excluding hydrogens is 258 g/mol. The summed E-state index contributed by atoms with van der Waals surface area (Å²) in [5, 5.41) is 28.9. The van der Waals surface area contributed by atoms with Gasteiger partial charge in [0.15, 0.2) is 0 Å². The minimum absolute atomic E-state index is 0.0589. The molecule has 1 heterocycles. The Bertz CT molecular complexity index is 539. The van der Waals surface area contributed by atoms with E-state index in [1.165, 1.54) is 12.1 Å². The van der Waals surface area contributed by atoms with Crippen molar-refractivity contribution in [3.63, 3.8) is 0 Å². The van der Waals surface area contributed by atoms with E-state index in [1.807, 2.05) is 6.07 Å². The summed E-state index contributed by atoms with van der Waals surface area (Å²) in [7, 11) is 0. The first kappa shape index (κ1) is 14.3. The molecule has 0 radical (unpaired) electrons. The van der Waals surface area contributed by atoms with Crippen LogP contribution in [-0.2, 0) is 0 Å². The number of hydrogen-bond donors (Lipinski definition) is 1. The molecule has 1 saturated heterocycles. The molecule has 1 unspecified atom stereocenters. The van der Waals surface area contributed by atoms with Gasteiger partial charge in [-0.25, -0.2) is 0 Å². The van der Waals surface area contributed by atoms with Crippen molar-refractivity contribution in [2.24, 2.45) is 0 Å². The van der Waals surface area contributed by atoms with E-state index in [1.54, 1.807) is 6.07 Å². The molecule has 6 heteroatoms. The molecule has 0 spiro atoms. The topological polar surface area (TPSA) is 90.4 Å². The number of nitrogens with zero attached hydrogens (tertiary/aromatic N) is 3. The molecule has 0 saturated carbocycles. The summed E-state index contributed by atoms with van der Waals surface area (Å²) >= 11 is 0. The maximum Gasteiger partial charge on any atom is 0.270 e. The lowest BCUT2D eigenvalue weighted by Crippen LogP contribution is -2.30. The van der Waals surface area contributed by atoms with E-state index in [9.17, 15) is 15.4 Å². The summed E-state index contributed by atoms with van der Waals surface area (Å²) < 4.78 is 0. The molecular formula is C14H17N3O3. The minimum atomic E-state index is -0.488. The number of aliphatic hydroxyl groups excluding tert-OH is 1. The number of aliphatic hydroxyl groups is 1. The highest BCUT2D eigenvalue weighted by Crippen LogP contribution is 2.32. The zero-order valence-corrected chi connectivity index (χ0v) is 11.2. The predicted octanol–water partition coefficient (Wildman–Crippen LogP) is 2.21. The fourth-order valence-corrected chi connectivity index (χ4v) is 2.76. The monoisotopic (exact) mass is 275 g/mol. The molecule has 0 bridgehead atoms. The lowest BCUT2D eigenvalue weighted by molar-refractivity contribution is -0.384. The van der Waals surface area contributed by atoms with Crippen LogP contribution in [0.1, 0.15) is 31.2 Å². The summed E-state index contributed by atoms with van der Waals surface area (Å²) in [6, 6.07) is 6.78. The van der Waals surface area contributed by atoms with Gasteiger partial charge in [-0.05, 0) is 31.7 Å². The van der Waals surface area contributed by atoms with E-state index in [4.69, 9.17) is 5.11 Å². The molecule has 0 aromatic heterocycles. The Morgan fingerprint density at radius 2 is 2.35 bits per heavy atom. The van der Waals surface area contributed by atoms with E-state index < -0.39 is 4.92 Å². The fraction of sp³-hybridized carbons (Fsp3) is 0.500. The van der Waals surface area contributed by atoms with E-state index in [2.05, 4.69) is 4.90 Å². The first-order valence-corrected chi connectivity index (χ1v) is 6.73. The largest absolute Gasteiger partial charge is 0.396 e. The number of rotatable bonds is 5. The molecule has 1 N–H and O–H groups in total. The van der Waals surface area contributed by atoms with Crippen molar-refractivity contribution in [2.75, 3.05) is 18.1 Å². The molecule has 1 aliphatic rings. The van der Waals surface area contributed by atoms with Crippen molar-refractivity contribution >= 4 is 11.4 Å². The summed E-state index contributed by atoms with van der Waals surface area (Å²) in [6.07, 6.45) is 3.67.